The molecule has 0 saturated heterocycles. The highest BCUT2D eigenvalue weighted by Gasteiger charge is 2.24. The van der Waals surface area contributed by atoms with E-state index in [1.807, 2.05) is 0 Å². The van der Waals surface area contributed by atoms with Crippen LogP contribution in [0.4, 0.5) is 0 Å². The Kier molecular flexibility index (Phi) is 2.05. The van der Waals surface area contributed by atoms with Crippen molar-refractivity contribution in [2.24, 2.45) is 0 Å². The maximum Gasteiger partial charge on any atom is 0.122 e. The molecule has 0 aliphatic heterocycles. The van der Waals surface area contributed by atoms with Gasteiger partial charge in [-0.2, -0.15) is 0 Å². The first kappa shape index (κ1) is 9.02. The third kappa shape index (κ3) is 1.46. The molecular weight excluding hydrogens is 184 g/mol. The topological polar surface area (TPSA) is 9.23 Å². The van der Waals surface area contributed by atoms with Gasteiger partial charge in [0.25, 0.3) is 0 Å². The summed E-state index contributed by atoms with van der Waals surface area (Å²) in [7, 11) is 1.77. The second kappa shape index (κ2) is 3.41. The van der Waals surface area contributed by atoms with Crippen LogP contribution < -0.4 is 4.74 Å². The lowest BCUT2D eigenvalue weighted by Gasteiger charge is -2.21. The minimum atomic E-state index is 1.07. The summed E-state index contributed by atoms with van der Waals surface area (Å²) >= 11 is 0. The van der Waals surface area contributed by atoms with Gasteiger partial charge in [0, 0.05) is 5.56 Å². The Morgan fingerprint density at radius 3 is 2.67 bits per heavy atom. The molecule has 3 rings (SSSR count). The van der Waals surface area contributed by atoms with Gasteiger partial charge in [-0.25, -0.2) is 0 Å². The van der Waals surface area contributed by atoms with Crippen LogP contribution in [-0.2, 0) is 6.42 Å². The Labute approximate surface area is 90.8 Å². The van der Waals surface area contributed by atoms with Crippen LogP contribution in [0, 0.1) is 0 Å². The molecule has 0 unspecified atom stereocenters. The summed E-state index contributed by atoms with van der Waals surface area (Å²) < 4.78 is 5.44. The third-order valence-electron chi connectivity index (χ3n) is 3.46. The van der Waals surface area contributed by atoms with Crippen molar-refractivity contribution in [2.75, 3.05) is 7.11 Å². The molecule has 2 aliphatic carbocycles. The first-order valence-electron chi connectivity index (χ1n) is 5.77. The van der Waals surface area contributed by atoms with E-state index in [0.29, 0.717) is 0 Å². The van der Waals surface area contributed by atoms with Crippen LogP contribution in [0.25, 0.3) is 5.57 Å². The van der Waals surface area contributed by atoms with Crippen LogP contribution in [0.15, 0.2) is 23.8 Å². The lowest BCUT2D eigenvalue weighted by atomic mass is 9.86. The maximum atomic E-state index is 5.44. The van der Waals surface area contributed by atoms with Crippen molar-refractivity contribution in [3.63, 3.8) is 0 Å². The smallest absolute Gasteiger partial charge is 0.122 e. The molecular formula is C14H16O. The van der Waals surface area contributed by atoms with Gasteiger partial charge >= 0.3 is 0 Å². The largest absolute Gasteiger partial charge is 0.496 e. The summed E-state index contributed by atoms with van der Waals surface area (Å²) in [6.07, 6.45) is 6.38. The van der Waals surface area contributed by atoms with E-state index in [0.717, 1.165) is 5.75 Å². The molecule has 1 aromatic carbocycles. The summed E-state index contributed by atoms with van der Waals surface area (Å²) in [6, 6.07) is 6.46. The van der Waals surface area contributed by atoms with Gasteiger partial charge in [-0.05, 0) is 49.3 Å². The molecule has 0 heterocycles. The van der Waals surface area contributed by atoms with Gasteiger partial charge < -0.3 is 4.74 Å². The monoisotopic (exact) mass is 200 g/mol. The molecule has 1 fully saturated rings. The summed E-state index contributed by atoms with van der Waals surface area (Å²) in [4.78, 5) is 0. The number of benzene rings is 1. The number of hydrogen-bond acceptors (Lipinski definition) is 1. The van der Waals surface area contributed by atoms with E-state index in [1.54, 1.807) is 18.3 Å². The molecule has 15 heavy (non-hydrogen) atoms. The average molecular weight is 200 g/mol. The molecule has 1 aromatic rings. The molecule has 1 heteroatoms. The number of hydrogen-bond donors (Lipinski definition) is 0. The van der Waals surface area contributed by atoms with E-state index in [1.165, 1.54) is 43.2 Å². The maximum absolute atomic E-state index is 5.44. The Balaban J connectivity index is 2.16. The first-order valence-corrected chi connectivity index (χ1v) is 5.77. The van der Waals surface area contributed by atoms with Crippen LogP contribution in [0.2, 0.25) is 0 Å². The standard InChI is InChI=1S/C14H16O/c1-15-14-7-3-5-12-11(10-8-9-10)4-2-6-13(12)14/h3,5,7H,2,4,6,8-9H2,1H3. The molecule has 0 spiro atoms. The summed E-state index contributed by atoms with van der Waals surface area (Å²) in [5.41, 5.74) is 6.20. The van der Waals surface area contributed by atoms with Gasteiger partial charge in [0.05, 0.1) is 7.11 Å². The van der Waals surface area contributed by atoms with Crippen molar-refractivity contribution in [3.05, 3.63) is 34.9 Å². The van der Waals surface area contributed by atoms with Crippen LogP contribution in [0.3, 0.4) is 0 Å². The molecule has 0 aromatic heterocycles. The Hall–Kier alpha value is -1.24. The average Bonchev–Trinajstić information content (AvgIpc) is 3.11. The normalized spacial score (nSPS) is 18.7. The van der Waals surface area contributed by atoms with Crippen LogP contribution >= 0.6 is 0 Å². The molecule has 0 amide bonds. The van der Waals surface area contributed by atoms with Crippen LogP contribution in [0.1, 0.15) is 36.8 Å². The van der Waals surface area contributed by atoms with Crippen molar-refractivity contribution >= 4 is 5.57 Å². The minimum Gasteiger partial charge on any atom is -0.496 e. The van der Waals surface area contributed by atoms with E-state index in [-0.39, 0.29) is 0 Å². The molecule has 0 bridgehead atoms. The first-order chi connectivity index (χ1) is 7.40. The van der Waals surface area contributed by atoms with Crippen molar-refractivity contribution in [3.8, 4) is 5.75 Å². The fraction of sp³-hybridized carbons (Fsp3) is 0.429. The lowest BCUT2D eigenvalue weighted by Crippen LogP contribution is -2.04. The van der Waals surface area contributed by atoms with E-state index >= 15 is 0 Å². The minimum absolute atomic E-state index is 1.07. The molecule has 1 nitrogen and oxygen atoms in total. The van der Waals surface area contributed by atoms with Crippen LogP contribution in [-0.4, -0.2) is 7.11 Å². The second-order valence-corrected chi connectivity index (χ2v) is 4.42. The fourth-order valence-corrected chi connectivity index (χ4v) is 2.61. The third-order valence-corrected chi connectivity index (χ3v) is 3.46. The van der Waals surface area contributed by atoms with E-state index in [9.17, 15) is 0 Å². The molecule has 1 saturated carbocycles. The number of allylic oxidation sites excluding steroid dienone is 2. The highest BCUT2D eigenvalue weighted by atomic mass is 16.5. The van der Waals surface area contributed by atoms with E-state index in [4.69, 9.17) is 4.74 Å². The second-order valence-electron chi connectivity index (χ2n) is 4.42. The summed E-state index contributed by atoms with van der Waals surface area (Å²) in [5, 5.41) is 0. The quantitative estimate of drug-likeness (QED) is 0.673. The number of fused-ring (bicyclic) bond motifs is 1. The van der Waals surface area contributed by atoms with Crippen molar-refractivity contribution in [1.82, 2.24) is 0 Å². The zero-order valence-corrected chi connectivity index (χ0v) is 9.18. The highest BCUT2D eigenvalue weighted by molar-refractivity contribution is 5.76. The Bertz CT molecular complexity index is 423. The van der Waals surface area contributed by atoms with Gasteiger partial charge in [0.1, 0.15) is 5.75 Å². The van der Waals surface area contributed by atoms with E-state index < -0.39 is 0 Å². The molecule has 0 radical (unpaired) electrons. The molecule has 78 valence electrons. The van der Waals surface area contributed by atoms with E-state index in [2.05, 4.69) is 18.2 Å². The predicted molar refractivity (Wildman–Crippen MR) is 62.1 cm³/mol. The van der Waals surface area contributed by atoms with Crippen molar-refractivity contribution in [1.29, 1.82) is 0 Å². The summed E-state index contributed by atoms with van der Waals surface area (Å²) in [5.74, 6) is 1.07. The number of ether oxygens (including phenoxy) is 1. The molecule has 0 atom stereocenters. The SMILES string of the molecule is COc1cccc2c1CCCC2=C1CC1. The Morgan fingerprint density at radius 1 is 1.07 bits per heavy atom. The van der Waals surface area contributed by atoms with Gasteiger partial charge in [0.15, 0.2) is 0 Å². The van der Waals surface area contributed by atoms with Gasteiger partial charge in [-0.3, -0.25) is 0 Å². The van der Waals surface area contributed by atoms with Gasteiger partial charge in [0.2, 0.25) is 0 Å². The predicted octanol–water partition coefficient (Wildman–Crippen LogP) is 3.58. The molecule has 0 N–H and O–H groups in total. The number of rotatable bonds is 1. The molecule has 2 aliphatic rings. The lowest BCUT2D eigenvalue weighted by molar-refractivity contribution is 0.408. The van der Waals surface area contributed by atoms with Crippen molar-refractivity contribution in [2.45, 2.75) is 32.1 Å². The fourth-order valence-electron chi connectivity index (χ4n) is 2.61. The highest BCUT2D eigenvalue weighted by Crippen LogP contribution is 2.44. The van der Waals surface area contributed by atoms with Gasteiger partial charge in [-0.15, -0.1) is 0 Å². The van der Waals surface area contributed by atoms with Crippen LogP contribution in [0.5, 0.6) is 5.75 Å². The summed E-state index contributed by atoms with van der Waals surface area (Å²) in [6.45, 7) is 0. The number of methoxy groups -OCH3 is 1. The zero-order chi connectivity index (χ0) is 10.3. The van der Waals surface area contributed by atoms with Crippen molar-refractivity contribution < 1.29 is 4.74 Å². The van der Waals surface area contributed by atoms with Gasteiger partial charge in [-0.1, -0.05) is 17.7 Å². The zero-order valence-electron chi connectivity index (χ0n) is 9.18. The Morgan fingerprint density at radius 2 is 1.93 bits per heavy atom.